The molecule has 3 N–H and O–H groups in total. The van der Waals surface area contributed by atoms with Gasteiger partial charge in [-0.3, -0.25) is 14.5 Å². The van der Waals surface area contributed by atoms with Crippen LogP contribution in [-0.2, 0) is 9.59 Å². The Morgan fingerprint density at radius 3 is 2.68 bits per heavy atom. The van der Waals surface area contributed by atoms with Crippen molar-refractivity contribution in [1.82, 2.24) is 4.98 Å². The zero-order chi connectivity index (χ0) is 20.5. The van der Waals surface area contributed by atoms with Gasteiger partial charge in [0.05, 0.1) is 19.9 Å². The lowest BCUT2D eigenvalue weighted by Gasteiger charge is -2.37. The van der Waals surface area contributed by atoms with Crippen molar-refractivity contribution < 1.29 is 23.8 Å². The minimum Gasteiger partial charge on any atom is -0.497 e. The van der Waals surface area contributed by atoms with E-state index in [4.69, 9.17) is 19.9 Å². The zero-order valence-electron chi connectivity index (χ0n) is 16.1. The van der Waals surface area contributed by atoms with Gasteiger partial charge in [0.15, 0.2) is 17.2 Å². The van der Waals surface area contributed by atoms with E-state index in [0.717, 1.165) is 0 Å². The number of nitrogens with two attached hydrogens (primary N) is 1. The molecule has 0 fully saturated rings. The Morgan fingerprint density at radius 1 is 1.25 bits per heavy atom. The molecule has 0 unspecified atom stereocenters. The van der Waals surface area contributed by atoms with E-state index in [1.165, 1.54) is 19.1 Å². The summed E-state index contributed by atoms with van der Waals surface area (Å²) in [6, 6.07) is 8.22. The van der Waals surface area contributed by atoms with Crippen LogP contribution in [0.3, 0.4) is 0 Å². The van der Waals surface area contributed by atoms with Gasteiger partial charge >= 0.3 is 0 Å². The van der Waals surface area contributed by atoms with Crippen LogP contribution in [0, 0.1) is 0 Å². The SMILES string of the molecule is COc1ccc(OC)c(NC(=O)CN2C(=O)C(C)(C)Oc3ccc(N)nc32)c1. The number of rotatable bonds is 5. The molecule has 9 nitrogen and oxygen atoms in total. The summed E-state index contributed by atoms with van der Waals surface area (Å²) in [6.45, 7) is 2.99. The molecule has 1 aliphatic heterocycles. The van der Waals surface area contributed by atoms with E-state index in [0.29, 0.717) is 22.9 Å². The van der Waals surface area contributed by atoms with Gasteiger partial charge in [-0.05, 0) is 38.1 Å². The molecule has 0 aliphatic carbocycles. The van der Waals surface area contributed by atoms with E-state index < -0.39 is 17.4 Å². The predicted octanol–water partition coefficient (Wildman–Crippen LogP) is 1.82. The number of anilines is 3. The number of fused-ring (bicyclic) bond motifs is 1. The molecule has 28 heavy (non-hydrogen) atoms. The summed E-state index contributed by atoms with van der Waals surface area (Å²) in [6.07, 6.45) is 0. The molecular weight excluding hydrogens is 364 g/mol. The number of amides is 2. The molecule has 9 heteroatoms. The fraction of sp³-hybridized carbons (Fsp3) is 0.316. The molecule has 1 aromatic carbocycles. The normalized spacial score (nSPS) is 14.7. The number of nitrogens with one attached hydrogen (secondary N) is 1. The molecule has 0 saturated heterocycles. The van der Waals surface area contributed by atoms with E-state index >= 15 is 0 Å². The van der Waals surface area contributed by atoms with Crippen LogP contribution in [0.2, 0.25) is 0 Å². The number of benzene rings is 1. The molecular formula is C19H22N4O5. The van der Waals surface area contributed by atoms with Crippen LogP contribution in [0.1, 0.15) is 13.8 Å². The summed E-state index contributed by atoms with van der Waals surface area (Å²) in [5, 5.41) is 2.74. The maximum atomic E-state index is 12.8. The molecule has 0 bridgehead atoms. The largest absolute Gasteiger partial charge is 0.497 e. The summed E-state index contributed by atoms with van der Waals surface area (Å²) in [7, 11) is 3.02. The highest BCUT2D eigenvalue weighted by Gasteiger charge is 2.42. The van der Waals surface area contributed by atoms with Gasteiger partial charge in [-0.2, -0.15) is 0 Å². The van der Waals surface area contributed by atoms with Crippen LogP contribution < -0.4 is 30.2 Å². The van der Waals surface area contributed by atoms with Crippen molar-refractivity contribution in [2.75, 3.05) is 36.7 Å². The standard InChI is InChI=1S/C19H22N4O5/c1-19(2)18(25)23(17-14(28-19)7-8-15(20)22-17)10-16(24)21-12-9-11(26-3)5-6-13(12)27-4/h5-9H,10H2,1-4H3,(H2,20,22)(H,21,24). The fourth-order valence-corrected chi connectivity index (χ4v) is 2.85. The molecule has 3 rings (SSSR count). The second-order valence-electron chi connectivity index (χ2n) is 6.68. The molecule has 1 aromatic heterocycles. The molecule has 0 atom stereocenters. The monoisotopic (exact) mass is 386 g/mol. The molecule has 0 saturated carbocycles. The highest BCUT2D eigenvalue weighted by molar-refractivity contribution is 6.07. The van der Waals surface area contributed by atoms with Crippen LogP contribution >= 0.6 is 0 Å². The highest BCUT2D eigenvalue weighted by atomic mass is 16.5. The summed E-state index contributed by atoms with van der Waals surface area (Å²) < 4.78 is 16.1. The van der Waals surface area contributed by atoms with Crippen molar-refractivity contribution in [1.29, 1.82) is 0 Å². The average molecular weight is 386 g/mol. The van der Waals surface area contributed by atoms with Gasteiger partial charge in [0.25, 0.3) is 5.91 Å². The lowest BCUT2D eigenvalue weighted by molar-refractivity contribution is -0.133. The van der Waals surface area contributed by atoms with Crippen molar-refractivity contribution in [3.8, 4) is 17.2 Å². The van der Waals surface area contributed by atoms with Gasteiger partial charge < -0.3 is 25.3 Å². The van der Waals surface area contributed by atoms with E-state index in [1.54, 1.807) is 44.2 Å². The summed E-state index contributed by atoms with van der Waals surface area (Å²) >= 11 is 0. The second-order valence-corrected chi connectivity index (χ2v) is 6.68. The number of aromatic nitrogens is 1. The summed E-state index contributed by atoms with van der Waals surface area (Å²) in [4.78, 5) is 31.0. The third-order valence-corrected chi connectivity index (χ3v) is 4.22. The van der Waals surface area contributed by atoms with Crippen molar-refractivity contribution in [3.63, 3.8) is 0 Å². The van der Waals surface area contributed by atoms with Crippen LogP contribution in [0.25, 0.3) is 0 Å². The number of pyridine rings is 1. The van der Waals surface area contributed by atoms with Crippen molar-refractivity contribution >= 4 is 29.1 Å². The average Bonchev–Trinajstić information content (AvgIpc) is 2.66. The van der Waals surface area contributed by atoms with Crippen LogP contribution in [-0.4, -0.2) is 43.2 Å². The first kappa shape index (κ1) is 19.3. The number of carbonyl (C=O) groups is 2. The Kier molecular flexibility index (Phi) is 5.00. The maximum Gasteiger partial charge on any atom is 0.272 e. The first-order chi connectivity index (χ1) is 13.2. The summed E-state index contributed by atoms with van der Waals surface area (Å²) in [5.41, 5.74) is 5.03. The first-order valence-electron chi connectivity index (χ1n) is 8.54. The zero-order valence-corrected chi connectivity index (χ0v) is 16.1. The van der Waals surface area contributed by atoms with E-state index in [9.17, 15) is 9.59 Å². The van der Waals surface area contributed by atoms with Gasteiger partial charge in [0.1, 0.15) is 23.9 Å². The number of nitrogen functional groups attached to an aromatic ring is 1. The minimum absolute atomic E-state index is 0.206. The van der Waals surface area contributed by atoms with Gasteiger partial charge in [0.2, 0.25) is 5.91 Å². The highest BCUT2D eigenvalue weighted by Crippen LogP contribution is 2.37. The number of carbonyl (C=O) groups excluding carboxylic acids is 2. The molecule has 0 spiro atoms. The lowest BCUT2D eigenvalue weighted by atomic mass is 10.1. The van der Waals surface area contributed by atoms with Crippen molar-refractivity contribution in [2.24, 2.45) is 0 Å². The maximum absolute atomic E-state index is 12.8. The van der Waals surface area contributed by atoms with E-state index in [2.05, 4.69) is 10.3 Å². The van der Waals surface area contributed by atoms with Gasteiger partial charge in [-0.25, -0.2) is 4.98 Å². The van der Waals surface area contributed by atoms with Gasteiger partial charge in [-0.1, -0.05) is 0 Å². The third-order valence-electron chi connectivity index (χ3n) is 4.22. The topological polar surface area (TPSA) is 116 Å². The van der Waals surface area contributed by atoms with Gasteiger partial charge in [-0.15, -0.1) is 0 Å². The number of nitrogens with zero attached hydrogens (tertiary/aromatic N) is 2. The number of hydrogen-bond donors (Lipinski definition) is 2. The molecule has 2 heterocycles. The molecule has 2 aromatic rings. The second kappa shape index (κ2) is 7.26. The Bertz CT molecular complexity index is 929. The molecule has 148 valence electrons. The smallest absolute Gasteiger partial charge is 0.272 e. The predicted molar refractivity (Wildman–Crippen MR) is 104 cm³/mol. The lowest BCUT2D eigenvalue weighted by Crippen LogP contribution is -2.54. The third kappa shape index (κ3) is 3.64. The van der Waals surface area contributed by atoms with Crippen LogP contribution in [0.5, 0.6) is 17.2 Å². The van der Waals surface area contributed by atoms with Crippen molar-refractivity contribution in [3.05, 3.63) is 30.3 Å². The van der Waals surface area contributed by atoms with Gasteiger partial charge in [0, 0.05) is 6.07 Å². The summed E-state index contributed by atoms with van der Waals surface area (Å²) in [5.74, 6) is 0.987. The number of hydrogen-bond acceptors (Lipinski definition) is 7. The first-order valence-corrected chi connectivity index (χ1v) is 8.54. The van der Waals surface area contributed by atoms with E-state index in [-0.39, 0.29) is 18.2 Å². The number of ether oxygens (including phenoxy) is 3. The fourth-order valence-electron chi connectivity index (χ4n) is 2.85. The molecule has 1 aliphatic rings. The Balaban J connectivity index is 1.88. The Labute approximate surface area is 162 Å². The number of methoxy groups -OCH3 is 2. The van der Waals surface area contributed by atoms with Crippen LogP contribution in [0.15, 0.2) is 30.3 Å². The Hall–Kier alpha value is -3.49. The quantitative estimate of drug-likeness (QED) is 0.805. The van der Waals surface area contributed by atoms with Crippen LogP contribution in [0.4, 0.5) is 17.3 Å². The minimum atomic E-state index is -1.14. The molecule has 2 amide bonds. The van der Waals surface area contributed by atoms with E-state index in [1.807, 2.05) is 0 Å². The van der Waals surface area contributed by atoms with Crippen molar-refractivity contribution in [2.45, 2.75) is 19.4 Å². The Morgan fingerprint density at radius 2 is 2.00 bits per heavy atom. The molecule has 0 radical (unpaired) electrons.